The highest BCUT2D eigenvalue weighted by Gasteiger charge is 2.39. The van der Waals surface area contributed by atoms with Crippen LogP contribution in [-0.2, 0) is 0 Å². The molecular weight excluding hydrogens is 174 g/mol. The largest absolute Gasteiger partial charge is 0.392 e. The van der Waals surface area contributed by atoms with Crippen LogP contribution in [0.25, 0.3) is 0 Å². The molecule has 2 saturated carbocycles. The van der Waals surface area contributed by atoms with E-state index in [1.54, 1.807) is 0 Å². The highest BCUT2D eigenvalue weighted by atomic mass is 16.3. The molecule has 0 aromatic rings. The predicted molar refractivity (Wildman–Crippen MR) is 58.1 cm³/mol. The summed E-state index contributed by atoms with van der Waals surface area (Å²) in [4.78, 5) is 2.30. The van der Waals surface area contributed by atoms with E-state index in [9.17, 15) is 5.11 Å². The van der Waals surface area contributed by atoms with E-state index in [0.717, 1.165) is 24.3 Å². The average molecular weight is 197 g/mol. The lowest BCUT2D eigenvalue weighted by Gasteiger charge is -2.27. The number of aliphatic hydroxyl groups excluding tert-OH is 1. The van der Waals surface area contributed by atoms with E-state index >= 15 is 0 Å². The Kier molecular flexibility index (Phi) is 3.13. The van der Waals surface area contributed by atoms with E-state index < -0.39 is 0 Å². The number of rotatable bonds is 4. The number of nitrogens with zero attached hydrogens (tertiary/aromatic N) is 1. The fraction of sp³-hybridized carbons (Fsp3) is 1.00. The molecule has 3 unspecified atom stereocenters. The molecule has 2 aliphatic carbocycles. The van der Waals surface area contributed by atoms with Crippen molar-refractivity contribution in [1.29, 1.82) is 0 Å². The van der Waals surface area contributed by atoms with E-state index in [2.05, 4.69) is 11.9 Å². The van der Waals surface area contributed by atoms with Crippen LogP contribution in [0.5, 0.6) is 0 Å². The van der Waals surface area contributed by atoms with Crippen LogP contribution < -0.4 is 0 Å². The van der Waals surface area contributed by atoms with Gasteiger partial charge in [0.1, 0.15) is 0 Å². The van der Waals surface area contributed by atoms with Gasteiger partial charge in [-0.3, -0.25) is 0 Å². The van der Waals surface area contributed by atoms with Crippen LogP contribution in [-0.4, -0.2) is 36.2 Å². The zero-order valence-electron chi connectivity index (χ0n) is 9.45. The molecule has 0 aliphatic heterocycles. The van der Waals surface area contributed by atoms with Crippen LogP contribution in [0.15, 0.2) is 0 Å². The summed E-state index contributed by atoms with van der Waals surface area (Å²) in [5.41, 5.74) is 0. The third-order valence-corrected chi connectivity index (χ3v) is 4.01. The molecule has 0 heterocycles. The molecule has 2 nitrogen and oxygen atoms in total. The Morgan fingerprint density at radius 1 is 1.36 bits per heavy atom. The predicted octanol–water partition coefficient (Wildman–Crippen LogP) is 1.74. The summed E-state index contributed by atoms with van der Waals surface area (Å²) in [5.74, 6) is 2.99. The second kappa shape index (κ2) is 4.19. The SMILES string of the molecule is C[C@@H](O)CN(C)CC1CC2CCC1C2. The normalized spacial score (nSPS) is 38.1. The molecular formula is C12H23NO. The molecule has 2 heteroatoms. The van der Waals surface area contributed by atoms with Crippen molar-refractivity contribution >= 4 is 0 Å². The zero-order chi connectivity index (χ0) is 10.1. The maximum Gasteiger partial charge on any atom is 0.0638 e. The fourth-order valence-corrected chi connectivity index (χ4v) is 3.53. The molecule has 2 bridgehead atoms. The molecule has 0 spiro atoms. The molecule has 2 fully saturated rings. The van der Waals surface area contributed by atoms with Crippen LogP contribution in [0, 0.1) is 17.8 Å². The maximum atomic E-state index is 9.29. The van der Waals surface area contributed by atoms with Crippen LogP contribution in [0.4, 0.5) is 0 Å². The molecule has 1 N–H and O–H groups in total. The highest BCUT2D eigenvalue weighted by Crippen LogP contribution is 2.48. The third-order valence-electron chi connectivity index (χ3n) is 4.01. The van der Waals surface area contributed by atoms with Crippen molar-refractivity contribution in [2.75, 3.05) is 20.1 Å². The van der Waals surface area contributed by atoms with Crippen molar-refractivity contribution < 1.29 is 5.11 Å². The van der Waals surface area contributed by atoms with E-state index in [1.807, 2.05) is 6.92 Å². The smallest absolute Gasteiger partial charge is 0.0638 e. The summed E-state index contributed by atoms with van der Waals surface area (Å²) in [6.07, 6.45) is 5.72. The maximum absolute atomic E-state index is 9.29. The molecule has 4 atom stereocenters. The summed E-state index contributed by atoms with van der Waals surface area (Å²) in [6.45, 7) is 3.90. The first-order valence-corrected chi connectivity index (χ1v) is 6.01. The number of hydrogen-bond donors (Lipinski definition) is 1. The molecule has 2 rings (SSSR count). The lowest BCUT2D eigenvalue weighted by molar-refractivity contribution is 0.122. The third kappa shape index (κ3) is 2.29. The van der Waals surface area contributed by atoms with Gasteiger partial charge >= 0.3 is 0 Å². The van der Waals surface area contributed by atoms with Gasteiger partial charge in [0.25, 0.3) is 0 Å². The molecule has 0 aromatic carbocycles. The average Bonchev–Trinajstić information content (AvgIpc) is 2.62. The van der Waals surface area contributed by atoms with Gasteiger partial charge < -0.3 is 10.0 Å². The lowest BCUT2D eigenvalue weighted by Crippen LogP contribution is -2.33. The Balaban J connectivity index is 1.75. The fourth-order valence-electron chi connectivity index (χ4n) is 3.53. The van der Waals surface area contributed by atoms with E-state index in [0.29, 0.717) is 0 Å². The van der Waals surface area contributed by atoms with Gasteiger partial charge in [0.05, 0.1) is 6.10 Å². The first kappa shape index (κ1) is 10.4. The van der Waals surface area contributed by atoms with Crippen molar-refractivity contribution in [2.24, 2.45) is 17.8 Å². The zero-order valence-corrected chi connectivity index (χ0v) is 9.45. The van der Waals surface area contributed by atoms with Crippen molar-refractivity contribution in [1.82, 2.24) is 4.90 Å². The van der Waals surface area contributed by atoms with Gasteiger partial charge in [-0.25, -0.2) is 0 Å². The first-order valence-electron chi connectivity index (χ1n) is 6.01. The quantitative estimate of drug-likeness (QED) is 0.742. The summed E-state index contributed by atoms with van der Waals surface area (Å²) < 4.78 is 0. The second-order valence-electron chi connectivity index (χ2n) is 5.51. The summed E-state index contributed by atoms with van der Waals surface area (Å²) in [5, 5.41) is 9.29. The first-order chi connectivity index (χ1) is 6.65. The molecule has 0 aromatic heterocycles. The van der Waals surface area contributed by atoms with E-state index in [1.165, 1.54) is 32.2 Å². The molecule has 14 heavy (non-hydrogen) atoms. The van der Waals surface area contributed by atoms with Gasteiger partial charge in [-0.2, -0.15) is 0 Å². The number of hydrogen-bond acceptors (Lipinski definition) is 2. The van der Waals surface area contributed by atoms with Crippen LogP contribution in [0.1, 0.15) is 32.6 Å². The van der Waals surface area contributed by atoms with Gasteiger partial charge in [-0.05, 0) is 51.0 Å². The summed E-state index contributed by atoms with van der Waals surface area (Å²) in [6, 6.07) is 0. The summed E-state index contributed by atoms with van der Waals surface area (Å²) in [7, 11) is 2.14. The van der Waals surface area contributed by atoms with Crippen molar-refractivity contribution in [3.8, 4) is 0 Å². The second-order valence-corrected chi connectivity index (χ2v) is 5.51. The number of aliphatic hydroxyl groups is 1. The van der Waals surface area contributed by atoms with Gasteiger partial charge in [0, 0.05) is 13.1 Å². The minimum absolute atomic E-state index is 0.182. The van der Waals surface area contributed by atoms with Crippen LogP contribution in [0.2, 0.25) is 0 Å². The Bertz CT molecular complexity index is 193. The molecule has 82 valence electrons. The lowest BCUT2D eigenvalue weighted by atomic mass is 9.88. The van der Waals surface area contributed by atoms with E-state index in [4.69, 9.17) is 0 Å². The van der Waals surface area contributed by atoms with Crippen LogP contribution >= 0.6 is 0 Å². The minimum atomic E-state index is -0.182. The Morgan fingerprint density at radius 3 is 2.64 bits per heavy atom. The topological polar surface area (TPSA) is 23.5 Å². The molecule has 0 amide bonds. The van der Waals surface area contributed by atoms with Crippen LogP contribution in [0.3, 0.4) is 0 Å². The standard InChI is InChI=1S/C12H23NO/c1-9(14)7-13(2)8-12-6-10-3-4-11(12)5-10/h9-12,14H,3-8H2,1-2H3/t9-,10?,11?,12?/m1/s1. The summed E-state index contributed by atoms with van der Waals surface area (Å²) >= 11 is 0. The number of fused-ring (bicyclic) bond motifs is 2. The minimum Gasteiger partial charge on any atom is -0.392 e. The Labute approximate surface area is 87.3 Å². The molecule has 0 radical (unpaired) electrons. The Hall–Kier alpha value is -0.0800. The van der Waals surface area contributed by atoms with E-state index in [-0.39, 0.29) is 6.10 Å². The molecule has 2 aliphatic rings. The van der Waals surface area contributed by atoms with Crippen molar-refractivity contribution in [2.45, 2.75) is 38.7 Å². The van der Waals surface area contributed by atoms with Crippen molar-refractivity contribution in [3.63, 3.8) is 0 Å². The van der Waals surface area contributed by atoms with Gasteiger partial charge in [0.15, 0.2) is 0 Å². The Morgan fingerprint density at radius 2 is 2.14 bits per heavy atom. The highest BCUT2D eigenvalue weighted by molar-refractivity contribution is 4.90. The van der Waals surface area contributed by atoms with Gasteiger partial charge in [0.2, 0.25) is 0 Å². The molecule has 0 saturated heterocycles. The van der Waals surface area contributed by atoms with Crippen molar-refractivity contribution in [3.05, 3.63) is 0 Å². The van der Waals surface area contributed by atoms with Gasteiger partial charge in [-0.15, -0.1) is 0 Å². The van der Waals surface area contributed by atoms with Gasteiger partial charge in [-0.1, -0.05) is 6.42 Å². The number of likely N-dealkylation sites (N-methyl/N-ethyl adjacent to an activating group) is 1. The monoisotopic (exact) mass is 197 g/mol.